The first-order valence-electron chi connectivity index (χ1n) is 9.39. The predicted octanol–water partition coefficient (Wildman–Crippen LogP) is 3.93. The number of carbonyl (C=O) groups excluding carboxylic acids is 1. The van der Waals surface area contributed by atoms with Gasteiger partial charge in [0, 0.05) is 30.9 Å². The van der Waals surface area contributed by atoms with Gasteiger partial charge in [0.2, 0.25) is 5.91 Å². The summed E-state index contributed by atoms with van der Waals surface area (Å²) in [6.45, 7) is 5.16. The van der Waals surface area contributed by atoms with Gasteiger partial charge in [-0.25, -0.2) is 0 Å². The largest absolute Gasteiger partial charge is 0.309 e. The highest BCUT2D eigenvalue weighted by atomic mass is 16.1. The fraction of sp³-hybridized carbons (Fsp3) is 0.227. The van der Waals surface area contributed by atoms with E-state index in [4.69, 9.17) is 0 Å². The molecule has 0 bridgehead atoms. The van der Waals surface area contributed by atoms with Crippen LogP contribution < -0.4 is 5.32 Å². The molecule has 0 atom stereocenters. The van der Waals surface area contributed by atoms with E-state index < -0.39 is 0 Å². The Balaban J connectivity index is 1.39. The Morgan fingerprint density at radius 2 is 1.86 bits per heavy atom. The molecule has 0 spiro atoms. The first-order valence-corrected chi connectivity index (χ1v) is 9.39. The molecule has 0 fully saturated rings. The number of aromatic nitrogens is 4. The number of nitrogens with zero attached hydrogens (tertiary/aromatic N) is 4. The molecule has 4 aromatic rings. The first kappa shape index (κ1) is 18.0. The van der Waals surface area contributed by atoms with Crippen LogP contribution in [0.1, 0.15) is 23.4 Å². The summed E-state index contributed by atoms with van der Waals surface area (Å²) >= 11 is 0. The Labute approximate surface area is 163 Å². The summed E-state index contributed by atoms with van der Waals surface area (Å²) < 4.78 is 3.70. The second-order valence-corrected chi connectivity index (χ2v) is 6.99. The Bertz CT molecular complexity index is 1120. The average Bonchev–Trinajstić information content (AvgIpc) is 3.25. The zero-order valence-electron chi connectivity index (χ0n) is 16.1. The van der Waals surface area contributed by atoms with Crippen LogP contribution in [0.4, 0.5) is 5.82 Å². The van der Waals surface area contributed by atoms with Gasteiger partial charge in [-0.3, -0.25) is 14.2 Å². The molecule has 4 rings (SSSR count). The van der Waals surface area contributed by atoms with Gasteiger partial charge in [-0.15, -0.1) is 0 Å². The fourth-order valence-corrected chi connectivity index (χ4v) is 3.44. The highest BCUT2D eigenvalue weighted by Gasteiger charge is 2.08. The molecule has 142 valence electrons. The number of nitrogens with one attached hydrogen (secondary N) is 1. The van der Waals surface area contributed by atoms with E-state index in [0.717, 1.165) is 11.4 Å². The van der Waals surface area contributed by atoms with Crippen LogP contribution in [0, 0.1) is 13.8 Å². The zero-order valence-corrected chi connectivity index (χ0v) is 16.1. The monoisotopic (exact) mass is 373 g/mol. The molecule has 2 aromatic carbocycles. The minimum atomic E-state index is -0.0667. The van der Waals surface area contributed by atoms with Gasteiger partial charge in [0.1, 0.15) is 0 Å². The number of carbonyl (C=O) groups is 1. The number of amides is 1. The minimum absolute atomic E-state index is 0.0667. The summed E-state index contributed by atoms with van der Waals surface area (Å²) in [7, 11) is 0. The normalized spacial score (nSPS) is 11.1. The smallest absolute Gasteiger partial charge is 0.227 e. The molecule has 2 aromatic heterocycles. The van der Waals surface area contributed by atoms with E-state index in [9.17, 15) is 4.79 Å². The molecule has 1 amide bonds. The number of benzene rings is 2. The van der Waals surface area contributed by atoms with Crippen molar-refractivity contribution in [2.75, 3.05) is 5.32 Å². The molecule has 6 nitrogen and oxygen atoms in total. The van der Waals surface area contributed by atoms with E-state index >= 15 is 0 Å². The van der Waals surface area contributed by atoms with Crippen LogP contribution in [0.3, 0.4) is 0 Å². The van der Waals surface area contributed by atoms with Crippen molar-refractivity contribution in [3.8, 4) is 0 Å². The van der Waals surface area contributed by atoms with E-state index in [1.807, 2.05) is 53.7 Å². The second-order valence-electron chi connectivity index (χ2n) is 6.99. The van der Waals surface area contributed by atoms with Crippen molar-refractivity contribution in [3.05, 3.63) is 77.7 Å². The van der Waals surface area contributed by atoms with Gasteiger partial charge in [0.05, 0.1) is 12.2 Å². The van der Waals surface area contributed by atoms with Crippen LogP contribution in [0.15, 0.2) is 60.8 Å². The maximum Gasteiger partial charge on any atom is 0.227 e. The van der Waals surface area contributed by atoms with Crippen LogP contribution >= 0.6 is 0 Å². The standard InChI is InChI=1S/C22H23N5O/c1-16-14-17(2)27(24-16)13-11-22(28)23-21-10-12-26(25-21)15-19-8-5-7-18-6-3-4-9-20(18)19/h3-10,12,14H,11,13,15H2,1-2H3,(H,23,25,28). The molecule has 0 aliphatic carbocycles. The van der Waals surface area contributed by atoms with Crippen molar-refractivity contribution in [1.82, 2.24) is 19.6 Å². The van der Waals surface area contributed by atoms with Gasteiger partial charge in [0.15, 0.2) is 5.82 Å². The lowest BCUT2D eigenvalue weighted by Crippen LogP contribution is -2.16. The van der Waals surface area contributed by atoms with Crippen molar-refractivity contribution in [2.45, 2.75) is 33.4 Å². The third kappa shape index (κ3) is 3.96. The molecule has 0 unspecified atom stereocenters. The molecule has 0 radical (unpaired) electrons. The molecular weight excluding hydrogens is 350 g/mol. The molecule has 6 heteroatoms. The highest BCUT2D eigenvalue weighted by Crippen LogP contribution is 2.19. The van der Waals surface area contributed by atoms with Gasteiger partial charge in [-0.2, -0.15) is 10.2 Å². The molecule has 28 heavy (non-hydrogen) atoms. The Morgan fingerprint density at radius 3 is 2.68 bits per heavy atom. The molecule has 0 aliphatic rings. The lowest BCUT2D eigenvalue weighted by molar-refractivity contribution is -0.116. The van der Waals surface area contributed by atoms with Gasteiger partial charge < -0.3 is 5.32 Å². The summed E-state index contributed by atoms with van der Waals surface area (Å²) in [5.41, 5.74) is 3.22. The predicted molar refractivity (Wildman–Crippen MR) is 110 cm³/mol. The van der Waals surface area contributed by atoms with E-state index in [2.05, 4.69) is 45.8 Å². The average molecular weight is 373 g/mol. The summed E-state index contributed by atoms with van der Waals surface area (Å²) in [6.07, 6.45) is 2.25. The molecule has 0 saturated carbocycles. The number of anilines is 1. The second kappa shape index (κ2) is 7.68. The van der Waals surface area contributed by atoms with Crippen LogP contribution in [0.2, 0.25) is 0 Å². The number of fused-ring (bicyclic) bond motifs is 1. The van der Waals surface area contributed by atoms with Crippen LogP contribution in [0.5, 0.6) is 0 Å². The fourth-order valence-electron chi connectivity index (χ4n) is 3.44. The van der Waals surface area contributed by atoms with E-state index in [1.54, 1.807) is 0 Å². The van der Waals surface area contributed by atoms with Gasteiger partial charge in [0.25, 0.3) is 0 Å². The summed E-state index contributed by atoms with van der Waals surface area (Å²) in [4.78, 5) is 12.2. The molecular formula is C22H23N5O. The summed E-state index contributed by atoms with van der Waals surface area (Å²) in [5, 5.41) is 14.2. The first-order chi connectivity index (χ1) is 13.6. The van der Waals surface area contributed by atoms with Crippen LogP contribution in [-0.4, -0.2) is 25.5 Å². The lowest BCUT2D eigenvalue weighted by Gasteiger charge is -2.07. The van der Waals surface area contributed by atoms with Crippen LogP contribution in [-0.2, 0) is 17.9 Å². The van der Waals surface area contributed by atoms with Gasteiger partial charge in [-0.05, 0) is 36.2 Å². The Kier molecular flexibility index (Phi) is 4.93. The Hall–Kier alpha value is -3.41. The van der Waals surface area contributed by atoms with E-state index in [-0.39, 0.29) is 5.91 Å². The quantitative estimate of drug-likeness (QED) is 0.557. The molecule has 2 heterocycles. The van der Waals surface area contributed by atoms with Crippen molar-refractivity contribution < 1.29 is 4.79 Å². The maximum atomic E-state index is 12.2. The minimum Gasteiger partial charge on any atom is -0.309 e. The molecule has 1 N–H and O–H groups in total. The Morgan fingerprint density at radius 1 is 1.04 bits per heavy atom. The van der Waals surface area contributed by atoms with Crippen molar-refractivity contribution in [2.24, 2.45) is 0 Å². The summed E-state index contributed by atoms with van der Waals surface area (Å²) in [6, 6.07) is 18.4. The zero-order chi connectivity index (χ0) is 19.5. The number of aryl methyl sites for hydroxylation is 3. The van der Waals surface area contributed by atoms with Gasteiger partial charge in [-0.1, -0.05) is 42.5 Å². The van der Waals surface area contributed by atoms with Crippen molar-refractivity contribution in [3.63, 3.8) is 0 Å². The van der Waals surface area contributed by atoms with Crippen molar-refractivity contribution >= 4 is 22.5 Å². The summed E-state index contributed by atoms with van der Waals surface area (Å²) in [5.74, 6) is 0.501. The van der Waals surface area contributed by atoms with E-state index in [0.29, 0.717) is 25.3 Å². The maximum absolute atomic E-state index is 12.2. The molecule has 0 aliphatic heterocycles. The van der Waals surface area contributed by atoms with Crippen molar-refractivity contribution in [1.29, 1.82) is 0 Å². The number of rotatable bonds is 6. The highest BCUT2D eigenvalue weighted by molar-refractivity contribution is 5.89. The third-order valence-corrected chi connectivity index (χ3v) is 4.77. The topological polar surface area (TPSA) is 64.7 Å². The van der Waals surface area contributed by atoms with Crippen LogP contribution in [0.25, 0.3) is 10.8 Å². The third-order valence-electron chi connectivity index (χ3n) is 4.77. The lowest BCUT2D eigenvalue weighted by atomic mass is 10.0. The van der Waals surface area contributed by atoms with Gasteiger partial charge >= 0.3 is 0 Å². The number of hydrogen-bond acceptors (Lipinski definition) is 3. The number of hydrogen-bond donors (Lipinski definition) is 1. The van der Waals surface area contributed by atoms with E-state index in [1.165, 1.54) is 16.3 Å². The molecule has 0 saturated heterocycles. The SMILES string of the molecule is Cc1cc(C)n(CCC(=O)Nc2ccn(Cc3cccc4ccccc34)n2)n1.